The van der Waals surface area contributed by atoms with E-state index in [0.717, 1.165) is 38.5 Å². The Morgan fingerprint density at radius 3 is 1.61 bits per heavy atom. The molecule has 0 saturated carbocycles. The number of ether oxygens (including phenoxy) is 2. The highest BCUT2D eigenvalue weighted by Crippen LogP contribution is 2.26. The number of urea groups is 1. The molecular weight excluding hydrogens is 360 g/mol. The van der Waals surface area contributed by atoms with Gasteiger partial charge in [0.2, 0.25) is 0 Å². The van der Waals surface area contributed by atoms with Crippen molar-refractivity contribution in [3.8, 4) is 0 Å². The van der Waals surface area contributed by atoms with Crippen LogP contribution in [0.1, 0.15) is 38.5 Å². The molecule has 28 heavy (non-hydrogen) atoms. The largest absolute Gasteiger partial charge is 0.469 e. The summed E-state index contributed by atoms with van der Waals surface area (Å²) in [7, 11) is 2.72. The lowest BCUT2D eigenvalue weighted by Crippen LogP contribution is -2.45. The SMILES string of the molecule is COC(=O)[C@@H](CNC(=O)NC[C@H](C(=O)OC)[C@H]1C=CCCC1)[C@H]1C=CCCC1. The molecule has 0 aromatic rings. The average Bonchev–Trinajstić information content (AvgIpc) is 2.75. The standard InChI is InChI=1S/C21H32N2O5/c1-27-19(24)17(15-9-5-3-6-10-15)13-22-21(26)23-14-18(20(25)28-2)16-11-7-4-8-12-16/h5,7,9,11,15-18H,3-4,6,8,10,12-14H2,1-2H3,(H2,22,23,26)/t15-,16-,17-,18-/m0/s1. The Morgan fingerprint density at radius 2 is 1.29 bits per heavy atom. The van der Waals surface area contributed by atoms with Crippen LogP contribution in [-0.4, -0.2) is 45.3 Å². The predicted octanol–water partition coefficient (Wildman–Crippen LogP) is 2.58. The van der Waals surface area contributed by atoms with Gasteiger partial charge in [0.25, 0.3) is 0 Å². The minimum absolute atomic E-state index is 0.0664. The lowest BCUT2D eigenvalue weighted by atomic mass is 9.84. The second-order valence-electron chi connectivity index (χ2n) is 7.40. The first-order chi connectivity index (χ1) is 13.6. The van der Waals surface area contributed by atoms with Crippen molar-refractivity contribution < 1.29 is 23.9 Å². The third-order valence-corrected chi connectivity index (χ3v) is 5.59. The van der Waals surface area contributed by atoms with Gasteiger partial charge in [0.05, 0.1) is 26.1 Å². The molecule has 7 heteroatoms. The monoisotopic (exact) mass is 392 g/mol. The number of amides is 2. The number of methoxy groups -OCH3 is 2. The van der Waals surface area contributed by atoms with Gasteiger partial charge in [-0.2, -0.15) is 0 Å². The van der Waals surface area contributed by atoms with Crippen LogP contribution in [-0.2, 0) is 19.1 Å². The van der Waals surface area contributed by atoms with Crippen LogP contribution in [0.3, 0.4) is 0 Å². The van der Waals surface area contributed by atoms with Gasteiger partial charge < -0.3 is 20.1 Å². The molecule has 0 spiro atoms. The van der Waals surface area contributed by atoms with Gasteiger partial charge in [0.15, 0.2) is 0 Å². The molecule has 0 fully saturated rings. The summed E-state index contributed by atoms with van der Waals surface area (Å²) in [6.07, 6.45) is 14.1. The van der Waals surface area contributed by atoms with Gasteiger partial charge in [0, 0.05) is 13.1 Å². The zero-order chi connectivity index (χ0) is 20.4. The van der Waals surface area contributed by atoms with Crippen molar-refractivity contribution in [1.29, 1.82) is 0 Å². The quantitative estimate of drug-likeness (QED) is 0.489. The fourth-order valence-electron chi connectivity index (χ4n) is 3.94. The van der Waals surface area contributed by atoms with Crippen LogP contribution >= 0.6 is 0 Å². The van der Waals surface area contributed by atoms with Crippen molar-refractivity contribution in [2.24, 2.45) is 23.7 Å². The summed E-state index contributed by atoms with van der Waals surface area (Å²) < 4.78 is 9.82. The van der Waals surface area contributed by atoms with E-state index in [-0.39, 0.29) is 36.9 Å². The minimum atomic E-state index is -0.412. The van der Waals surface area contributed by atoms with E-state index in [0.29, 0.717) is 0 Å². The molecule has 4 atom stereocenters. The van der Waals surface area contributed by atoms with Crippen LogP contribution in [0.4, 0.5) is 4.79 Å². The molecule has 0 unspecified atom stereocenters. The van der Waals surface area contributed by atoms with Gasteiger partial charge in [-0.3, -0.25) is 9.59 Å². The molecule has 2 aliphatic rings. The topological polar surface area (TPSA) is 93.7 Å². The zero-order valence-electron chi connectivity index (χ0n) is 16.8. The number of hydrogen-bond donors (Lipinski definition) is 2. The zero-order valence-corrected chi connectivity index (χ0v) is 16.8. The highest BCUT2D eigenvalue weighted by molar-refractivity contribution is 5.78. The Hall–Kier alpha value is -2.31. The highest BCUT2D eigenvalue weighted by atomic mass is 16.5. The molecule has 7 nitrogen and oxygen atoms in total. The highest BCUT2D eigenvalue weighted by Gasteiger charge is 2.30. The van der Waals surface area contributed by atoms with Crippen molar-refractivity contribution in [2.45, 2.75) is 38.5 Å². The van der Waals surface area contributed by atoms with Crippen LogP contribution in [0, 0.1) is 23.7 Å². The second-order valence-corrected chi connectivity index (χ2v) is 7.40. The lowest BCUT2D eigenvalue weighted by Gasteiger charge is -2.26. The van der Waals surface area contributed by atoms with E-state index in [1.807, 2.05) is 12.2 Å². The molecule has 0 aliphatic heterocycles. The lowest BCUT2D eigenvalue weighted by molar-refractivity contribution is -0.147. The van der Waals surface area contributed by atoms with Crippen LogP contribution < -0.4 is 10.6 Å². The minimum Gasteiger partial charge on any atom is -0.469 e. The van der Waals surface area contributed by atoms with Crippen molar-refractivity contribution in [1.82, 2.24) is 10.6 Å². The third-order valence-electron chi connectivity index (χ3n) is 5.59. The van der Waals surface area contributed by atoms with E-state index in [4.69, 9.17) is 9.47 Å². The molecule has 2 N–H and O–H groups in total. The normalized spacial score (nSPS) is 23.4. The predicted molar refractivity (Wildman–Crippen MR) is 105 cm³/mol. The van der Waals surface area contributed by atoms with Crippen LogP contribution in [0.25, 0.3) is 0 Å². The average molecular weight is 392 g/mol. The maximum atomic E-state index is 12.3. The Labute approximate surface area is 166 Å². The number of nitrogens with one attached hydrogen (secondary N) is 2. The van der Waals surface area contributed by atoms with E-state index in [1.165, 1.54) is 14.2 Å². The van der Waals surface area contributed by atoms with E-state index in [9.17, 15) is 14.4 Å². The Balaban J connectivity index is 1.88. The van der Waals surface area contributed by atoms with Gasteiger partial charge in [-0.1, -0.05) is 24.3 Å². The van der Waals surface area contributed by atoms with Crippen molar-refractivity contribution >= 4 is 18.0 Å². The number of rotatable bonds is 8. The maximum absolute atomic E-state index is 12.3. The summed E-state index contributed by atoms with van der Waals surface area (Å²) >= 11 is 0. The number of esters is 2. The van der Waals surface area contributed by atoms with Crippen LogP contribution in [0.15, 0.2) is 24.3 Å². The summed E-state index contributed by atoms with van der Waals surface area (Å²) in [5.74, 6) is -1.34. The molecule has 156 valence electrons. The number of hydrogen-bond acceptors (Lipinski definition) is 5. The first-order valence-corrected chi connectivity index (χ1v) is 10.1. The van der Waals surface area contributed by atoms with E-state index in [2.05, 4.69) is 22.8 Å². The molecule has 0 radical (unpaired) electrons. The Bertz CT molecular complexity index is 552. The molecule has 0 bridgehead atoms. The number of carbonyl (C=O) groups is 3. The van der Waals surface area contributed by atoms with Crippen molar-refractivity contribution in [3.05, 3.63) is 24.3 Å². The number of allylic oxidation sites excluding steroid dienone is 4. The molecule has 0 heterocycles. The molecule has 0 saturated heterocycles. The number of carbonyl (C=O) groups excluding carboxylic acids is 3. The summed E-state index contributed by atoms with van der Waals surface area (Å²) in [5, 5.41) is 5.51. The summed E-state index contributed by atoms with van der Waals surface area (Å²) in [4.78, 5) is 36.5. The maximum Gasteiger partial charge on any atom is 0.314 e. The van der Waals surface area contributed by atoms with E-state index >= 15 is 0 Å². The van der Waals surface area contributed by atoms with Gasteiger partial charge in [-0.15, -0.1) is 0 Å². The fourth-order valence-corrected chi connectivity index (χ4v) is 3.94. The molecule has 0 aromatic carbocycles. The van der Waals surface area contributed by atoms with Gasteiger partial charge in [-0.25, -0.2) is 4.79 Å². The summed E-state index contributed by atoms with van der Waals surface area (Å²) in [6.45, 7) is 0.388. The Morgan fingerprint density at radius 1 is 0.857 bits per heavy atom. The third kappa shape index (κ3) is 6.39. The first kappa shape index (κ1) is 22.0. The van der Waals surface area contributed by atoms with Gasteiger partial charge in [-0.05, 0) is 50.4 Å². The van der Waals surface area contributed by atoms with Gasteiger partial charge in [0.1, 0.15) is 0 Å². The molecule has 2 aliphatic carbocycles. The van der Waals surface area contributed by atoms with E-state index < -0.39 is 17.9 Å². The first-order valence-electron chi connectivity index (χ1n) is 10.1. The summed E-state index contributed by atoms with van der Waals surface area (Å²) in [6, 6.07) is -0.401. The smallest absolute Gasteiger partial charge is 0.314 e. The molecule has 2 amide bonds. The Kier molecular flexibility index (Phi) is 9.04. The van der Waals surface area contributed by atoms with Crippen LogP contribution in [0.2, 0.25) is 0 Å². The van der Waals surface area contributed by atoms with Gasteiger partial charge >= 0.3 is 18.0 Å². The molecular formula is C21H32N2O5. The van der Waals surface area contributed by atoms with Crippen molar-refractivity contribution in [3.63, 3.8) is 0 Å². The fraction of sp³-hybridized carbons (Fsp3) is 0.667. The second kappa shape index (κ2) is 11.5. The van der Waals surface area contributed by atoms with E-state index in [1.54, 1.807) is 0 Å². The molecule has 2 rings (SSSR count). The van der Waals surface area contributed by atoms with Crippen LogP contribution in [0.5, 0.6) is 0 Å². The summed E-state index contributed by atoms with van der Waals surface area (Å²) in [5.41, 5.74) is 0. The molecule has 0 aromatic heterocycles. The van der Waals surface area contributed by atoms with Crippen molar-refractivity contribution in [2.75, 3.05) is 27.3 Å².